The minimum Gasteiger partial charge on any atom is -0.356 e. The van der Waals surface area contributed by atoms with Crippen LogP contribution in [0.25, 0.3) is 0 Å². The first kappa shape index (κ1) is 17.7. The van der Waals surface area contributed by atoms with Crippen LogP contribution in [0, 0.1) is 0 Å². The third kappa shape index (κ3) is 4.47. The Hall–Kier alpha value is -3.15. The number of aryl methyl sites for hydroxylation is 1. The van der Waals surface area contributed by atoms with Crippen LogP contribution in [0.3, 0.4) is 0 Å². The summed E-state index contributed by atoms with van der Waals surface area (Å²) in [6.45, 7) is 0.524. The molecule has 0 aromatic heterocycles. The van der Waals surface area contributed by atoms with Gasteiger partial charge in [-0.3, -0.25) is 14.4 Å². The van der Waals surface area contributed by atoms with Gasteiger partial charge >= 0.3 is 0 Å². The van der Waals surface area contributed by atoms with Crippen molar-refractivity contribution in [3.8, 4) is 0 Å². The number of para-hydroxylation sites is 1. The summed E-state index contributed by atoms with van der Waals surface area (Å²) < 4.78 is 0. The van der Waals surface area contributed by atoms with Gasteiger partial charge < -0.3 is 16.0 Å². The van der Waals surface area contributed by atoms with Crippen LogP contribution in [-0.4, -0.2) is 30.3 Å². The van der Waals surface area contributed by atoms with E-state index in [2.05, 4.69) is 16.0 Å². The maximum atomic E-state index is 12.3. The second-order valence-electron chi connectivity index (χ2n) is 6.20. The minimum absolute atomic E-state index is 0.0864. The summed E-state index contributed by atoms with van der Waals surface area (Å²) in [4.78, 5) is 36.6. The molecule has 0 saturated heterocycles. The Morgan fingerprint density at radius 1 is 1.00 bits per heavy atom. The summed E-state index contributed by atoms with van der Waals surface area (Å²) in [5, 5.41) is 8.12. The first-order valence-corrected chi connectivity index (χ1v) is 8.65. The summed E-state index contributed by atoms with van der Waals surface area (Å²) >= 11 is 0. The van der Waals surface area contributed by atoms with Gasteiger partial charge in [-0.1, -0.05) is 42.5 Å². The number of carbonyl (C=O) groups excluding carboxylic acids is 3. The number of fused-ring (bicyclic) bond motifs is 1. The number of hydrogen-bond acceptors (Lipinski definition) is 3. The lowest BCUT2D eigenvalue weighted by Gasteiger charge is -2.14. The second-order valence-corrected chi connectivity index (χ2v) is 6.20. The highest BCUT2D eigenvalue weighted by molar-refractivity contribution is 6.10. The third-order valence-corrected chi connectivity index (χ3v) is 4.25. The predicted molar refractivity (Wildman–Crippen MR) is 98.7 cm³/mol. The fourth-order valence-corrected chi connectivity index (χ4v) is 2.88. The molecule has 3 rings (SSSR count). The summed E-state index contributed by atoms with van der Waals surface area (Å²) in [5.74, 6) is -1.01. The van der Waals surface area contributed by atoms with Crippen LogP contribution in [0.15, 0.2) is 54.6 Å². The number of anilines is 1. The van der Waals surface area contributed by atoms with E-state index in [1.54, 1.807) is 24.3 Å². The Kier molecular flexibility index (Phi) is 5.63. The quantitative estimate of drug-likeness (QED) is 0.695. The molecule has 0 saturated carbocycles. The molecule has 134 valence electrons. The van der Waals surface area contributed by atoms with Crippen molar-refractivity contribution in [3.63, 3.8) is 0 Å². The van der Waals surface area contributed by atoms with Crippen molar-refractivity contribution in [2.24, 2.45) is 0 Å². The van der Waals surface area contributed by atoms with Crippen LogP contribution < -0.4 is 16.0 Å². The van der Waals surface area contributed by atoms with Crippen molar-refractivity contribution in [2.75, 3.05) is 11.9 Å². The molecule has 0 bridgehead atoms. The van der Waals surface area contributed by atoms with E-state index in [0.717, 1.165) is 12.8 Å². The van der Waals surface area contributed by atoms with E-state index in [9.17, 15) is 14.4 Å². The van der Waals surface area contributed by atoms with E-state index in [0.29, 0.717) is 17.8 Å². The Balaban J connectivity index is 1.48. The molecule has 2 aromatic carbocycles. The van der Waals surface area contributed by atoms with E-state index in [1.807, 2.05) is 30.3 Å². The number of nitrogens with one attached hydrogen (secondary N) is 3. The van der Waals surface area contributed by atoms with Gasteiger partial charge in [0.05, 0.1) is 17.7 Å². The van der Waals surface area contributed by atoms with E-state index in [-0.39, 0.29) is 24.1 Å². The topological polar surface area (TPSA) is 87.3 Å². The summed E-state index contributed by atoms with van der Waals surface area (Å²) in [7, 11) is 0. The minimum atomic E-state index is -0.885. The van der Waals surface area contributed by atoms with Crippen molar-refractivity contribution < 1.29 is 14.4 Å². The normalized spacial score (nSPS) is 16.1. The van der Waals surface area contributed by atoms with E-state index in [1.165, 1.54) is 5.56 Å². The maximum absolute atomic E-state index is 12.3. The summed E-state index contributed by atoms with van der Waals surface area (Å²) in [6.07, 6.45) is 1.60. The highest BCUT2D eigenvalue weighted by atomic mass is 16.2. The first-order chi connectivity index (χ1) is 12.6. The average Bonchev–Trinajstić information content (AvgIpc) is 2.76. The Morgan fingerprint density at radius 2 is 1.73 bits per heavy atom. The molecule has 0 aliphatic carbocycles. The number of hydrogen-bond donors (Lipinski definition) is 3. The fraction of sp³-hybridized carbons (Fsp3) is 0.250. The zero-order chi connectivity index (χ0) is 18.4. The van der Waals surface area contributed by atoms with Gasteiger partial charge in [-0.05, 0) is 30.5 Å². The lowest BCUT2D eigenvalue weighted by Crippen LogP contribution is -2.44. The monoisotopic (exact) mass is 351 g/mol. The molecule has 3 N–H and O–H groups in total. The van der Waals surface area contributed by atoms with Gasteiger partial charge in [-0.2, -0.15) is 0 Å². The van der Waals surface area contributed by atoms with Gasteiger partial charge in [0.1, 0.15) is 6.04 Å². The van der Waals surface area contributed by atoms with Gasteiger partial charge in [0.2, 0.25) is 11.8 Å². The first-order valence-electron chi connectivity index (χ1n) is 8.65. The maximum Gasteiger partial charge on any atom is 0.254 e. The molecule has 1 heterocycles. The van der Waals surface area contributed by atoms with Crippen LogP contribution in [0.2, 0.25) is 0 Å². The van der Waals surface area contributed by atoms with Gasteiger partial charge in [0.15, 0.2) is 0 Å². The van der Waals surface area contributed by atoms with Crippen LogP contribution in [0.1, 0.15) is 28.8 Å². The molecule has 0 fully saturated rings. The van der Waals surface area contributed by atoms with Crippen LogP contribution in [0.4, 0.5) is 5.69 Å². The van der Waals surface area contributed by atoms with Crippen molar-refractivity contribution >= 4 is 23.4 Å². The molecule has 3 amide bonds. The standard InChI is InChI=1S/C20H21N3O3/c24-18(21-12-6-9-14-7-2-1-3-8-14)13-17-20(26)22-16-11-5-4-10-15(16)19(25)23-17/h1-5,7-8,10-11,17H,6,9,12-13H2,(H,21,24)(H,22,26)(H,23,25)/t17-/m1/s1. The van der Waals surface area contributed by atoms with Crippen molar-refractivity contribution in [2.45, 2.75) is 25.3 Å². The van der Waals surface area contributed by atoms with E-state index in [4.69, 9.17) is 0 Å². The lowest BCUT2D eigenvalue weighted by atomic mass is 10.1. The number of carbonyl (C=O) groups is 3. The average molecular weight is 351 g/mol. The predicted octanol–water partition coefficient (Wildman–Crippen LogP) is 1.88. The zero-order valence-corrected chi connectivity index (χ0v) is 14.3. The molecule has 6 heteroatoms. The Labute approximate surface area is 152 Å². The molecular weight excluding hydrogens is 330 g/mol. The molecule has 6 nitrogen and oxygen atoms in total. The van der Waals surface area contributed by atoms with Gasteiger partial charge in [-0.15, -0.1) is 0 Å². The van der Waals surface area contributed by atoms with Crippen LogP contribution in [-0.2, 0) is 16.0 Å². The third-order valence-electron chi connectivity index (χ3n) is 4.25. The Morgan fingerprint density at radius 3 is 2.54 bits per heavy atom. The SMILES string of the molecule is O=C(C[C@H]1NC(=O)c2ccccc2NC1=O)NCCCc1ccccc1. The highest BCUT2D eigenvalue weighted by Crippen LogP contribution is 2.18. The van der Waals surface area contributed by atoms with Crippen molar-refractivity contribution in [1.29, 1.82) is 0 Å². The van der Waals surface area contributed by atoms with Gasteiger partial charge in [0.25, 0.3) is 5.91 Å². The number of amides is 3. The van der Waals surface area contributed by atoms with Crippen molar-refractivity contribution in [1.82, 2.24) is 10.6 Å². The molecule has 26 heavy (non-hydrogen) atoms. The smallest absolute Gasteiger partial charge is 0.254 e. The molecule has 1 aliphatic rings. The molecule has 0 spiro atoms. The van der Waals surface area contributed by atoms with E-state index < -0.39 is 6.04 Å². The summed E-state index contributed by atoms with van der Waals surface area (Å²) in [6, 6.07) is 15.9. The molecule has 1 atom stereocenters. The second kappa shape index (κ2) is 8.29. The van der Waals surface area contributed by atoms with Crippen molar-refractivity contribution in [3.05, 3.63) is 65.7 Å². The molecular formula is C20H21N3O3. The van der Waals surface area contributed by atoms with Crippen LogP contribution in [0.5, 0.6) is 0 Å². The Bertz CT molecular complexity index is 805. The molecule has 1 aliphatic heterocycles. The molecule has 0 unspecified atom stereocenters. The molecule has 0 radical (unpaired) electrons. The molecule has 2 aromatic rings. The van der Waals surface area contributed by atoms with E-state index >= 15 is 0 Å². The number of benzene rings is 2. The van der Waals surface area contributed by atoms with Gasteiger partial charge in [-0.25, -0.2) is 0 Å². The number of rotatable bonds is 6. The van der Waals surface area contributed by atoms with Crippen LogP contribution >= 0.6 is 0 Å². The summed E-state index contributed by atoms with van der Waals surface area (Å²) in [5.41, 5.74) is 2.07. The highest BCUT2D eigenvalue weighted by Gasteiger charge is 2.29. The lowest BCUT2D eigenvalue weighted by molar-refractivity contribution is -0.125. The zero-order valence-electron chi connectivity index (χ0n) is 14.3. The van der Waals surface area contributed by atoms with Gasteiger partial charge in [0, 0.05) is 6.54 Å². The fourth-order valence-electron chi connectivity index (χ4n) is 2.88. The largest absolute Gasteiger partial charge is 0.356 e.